The average Bonchev–Trinajstić information content (AvgIpc) is 2.89. The van der Waals surface area contributed by atoms with E-state index in [1.807, 2.05) is 12.1 Å². The molecule has 0 saturated heterocycles. The van der Waals surface area contributed by atoms with Crippen molar-refractivity contribution in [3.05, 3.63) is 35.4 Å². The lowest BCUT2D eigenvalue weighted by molar-refractivity contribution is -0.122. The van der Waals surface area contributed by atoms with Crippen LogP contribution in [0.5, 0.6) is 0 Å². The molecule has 0 aliphatic heterocycles. The quantitative estimate of drug-likeness (QED) is 0.854. The fourth-order valence-corrected chi connectivity index (χ4v) is 2.95. The lowest BCUT2D eigenvalue weighted by atomic mass is 9.92. The van der Waals surface area contributed by atoms with E-state index in [1.165, 1.54) is 24.0 Å². The normalized spacial score (nSPS) is 17.4. The minimum absolute atomic E-state index is 0.127. The van der Waals surface area contributed by atoms with Gasteiger partial charge in [0.05, 0.1) is 0 Å². The van der Waals surface area contributed by atoms with E-state index in [2.05, 4.69) is 24.4 Å². The van der Waals surface area contributed by atoms with Gasteiger partial charge in [0.2, 0.25) is 5.91 Å². The molecule has 1 fully saturated rings. The van der Waals surface area contributed by atoms with Crippen LogP contribution in [-0.2, 0) is 4.79 Å². The molecule has 3 nitrogen and oxygen atoms in total. The van der Waals surface area contributed by atoms with E-state index in [0.717, 1.165) is 12.8 Å². The van der Waals surface area contributed by atoms with Crippen LogP contribution in [0.2, 0.25) is 0 Å². The van der Waals surface area contributed by atoms with Crippen LogP contribution in [0.3, 0.4) is 0 Å². The molecule has 19 heavy (non-hydrogen) atoms. The third kappa shape index (κ3) is 3.80. The SMILES string of the molecule is Cc1ccccc1C(CN)CC(=O)NC1CCCC1. The largest absolute Gasteiger partial charge is 0.353 e. The number of nitrogens with two attached hydrogens (primary N) is 1. The number of hydrogen-bond donors (Lipinski definition) is 2. The predicted octanol–water partition coefficient (Wildman–Crippen LogP) is 2.49. The lowest BCUT2D eigenvalue weighted by Gasteiger charge is -2.19. The first-order chi connectivity index (χ1) is 9.20. The van der Waals surface area contributed by atoms with Gasteiger partial charge in [-0.05, 0) is 37.4 Å². The Morgan fingerprint density at radius 3 is 2.68 bits per heavy atom. The molecule has 1 amide bonds. The van der Waals surface area contributed by atoms with Crippen LogP contribution in [0.15, 0.2) is 24.3 Å². The van der Waals surface area contributed by atoms with Gasteiger partial charge in [0, 0.05) is 18.4 Å². The Bertz CT molecular complexity index is 425. The molecule has 1 aliphatic carbocycles. The molecular weight excluding hydrogens is 236 g/mol. The molecule has 1 aliphatic rings. The van der Waals surface area contributed by atoms with Gasteiger partial charge in [-0.25, -0.2) is 0 Å². The summed E-state index contributed by atoms with van der Waals surface area (Å²) in [6.07, 6.45) is 5.23. The topological polar surface area (TPSA) is 55.1 Å². The molecule has 2 rings (SSSR count). The Labute approximate surface area is 115 Å². The summed E-state index contributed by atoms with van der Waals surface area (Å²) in [7, 11) is 0. The van der Waals surface area contributed by atoms with E-state index in [1.54, 1.807) is 0 Å². The Kier molecular flexibility index (Phi) is 4.97. The number of amides is 1. The molecule has 0 aromatic heterocycles. The zero-order valence-corrected chi connectivity index (χ0v) is 11.7. The summed E-state index contributed by atoms with van der Waals surface area (Å²) in [6.45, 7) is 2.59. The van der Waals surface area contributed by atoms with Crippen molar-refractivity contribution in [2.75, 3.05) is 6.54 Å². The first-order valence-electron chi connectivity index (χ1n) is 7.25. The molecule has 104 valence electrons. The maximum Gasteiger partial charge on any atom is 0.220 e. The molecule has 1 saturated carbocycles. The van der Waals surface area contributed by atoms with E-state index < -0.39 is 0 Å². The van der Waals surface area contributed by atoms with E-state index >= 15 is 0 Å². The Hall–Kier alpha value is -1.35. The minimum atomic E-state index is 0.127. The molecule has 1 unspecified atom stereocenters. The second kappa shape index (κ2) is 6.71. The number of rotatable bonds is 5. The number of hydrogen-bond acceptors (Lipinski definition) is 2. The lowest BCUT2D eigenvalue weighted by Crippen LogP contribution is -2.34. The summed E-state index contributed by atoms with van der Waals surface area (Å²) in [5.41, 5.74) is 8.27. The fourth-order valence-electron chi connectivity index (χ4n) is 2.95. The molecule has 1 atom stereocenters. The van der Waals surface area contributed by atoms with Crippen molar-refractivity contribution >= 4 is 5.91 Å². The number of benzene rings is 1. The van der Waals surface area contributed by atoms with Crippen molar-refractivity contribution in [1.29, 1.82) is 0 Å². The minimum Gasteiger partial charge on any atom is -0.353 e. The van der Waals surface area contributed by atoms with Crippen LogP contribution in [0.4, 0.5) is 0 Å². The summed E-state index contributed by atoms with van der Waals surface area (Å²) < 4.78 is 0. The fraction of sp³-hybridized carbons (Fsp3) is 0.562. The van der Waals surface area contributed by atoms with Gasteiger partial charge in [-0.3, -0.25) is 4.79 Å². The van der Waals surface area contributed by atoms with E-state index in [0.29, 0.717) is 19.0 Å². The van der Waals surface area contributed by atoms with Crippen LogP contribution in [0.1, 0.15) is 49.1 Å². The molecule has 1 aromatic rings. The van der Waals surface area contributed by atoms with Crippen LogP contribution < -0.4 is 11.1 Å². The number of carbonyl (C=O) groups is 1. The molecule has 0 spiro atoms. The summed E-state index contributed by atoms with van der Waals surface area (Å²) in [5.74, 6) is 0.271. The standard InChI is InChI=1S/C16H24N2O/c1-12-6-2-5-9-15(12)13(11-17)10-16(19)18-14-7-3-4-8-14/h2,5-6,9,13-14H,3-4,7-8,10-11,17H2,1H3,(H,18,19). The average molecular weight is 260 g/mol. The second-order valence-electron chi connectivity index (χ2n) is 5.54. The Morgan fingerprint density at radius 2 is 2.05 bits per heavy atom. The first kappa shape index (κ1) is 14.1. The summed E-state index contributed by atoms with van der Waals surface area (Å²) in [4.78, 5) is 12.1. The van der Waals surface area contributed by atoms with Crippen LogP contribution in [0.25, 0.3) is 0 Å². The molecule has 3 N–H and O–H groups in total. The van der Waals surface area contributed by atoms with Crippen LogP contribution in [0, 0.1) is 6.92 Å². The Morgan fingerprint density at radius 1 is 1.37 bits per heavy atom. The molecule has 0 bridgehead atoms. The zero-order valence-electron chi connectivity index (χ0n) is 11.7. The van der Waals surface area contributed by atoms with Gasteiger partial charge in [0.1, 0.15) is 0 Å². The Balaban J connectivity index is 1.95. The molecule has 3 heteroatoms. The summed E-state index contributed by atoms with van der Waals surface area (Å²) >= 11 is 0. The summed E-state index contributed by atoms with van der Waals surface area (Å²) in [6, 6.07) is 8.58. The van der Waals surface area contributed by atoms with Crippen LogP contribution in [-0.4, -0.2) is 18.5 Å². The van der Waals surface area contributed by atoms with Gasteiger partial charge in [0.15, 0.2) is 0 Å². The van der Waals surface area contributed by atoms with Gasteiger partial charge in [0.25, 0.3) is 0 Å². The molecular formula is C16H24N2O. The van der Waals surface area contributed by atoms with Gasteiger partial charge >= 0.3 is 0 Å². The van der Waals surface area contributed by atoms with Crippen molar-refractivity contribution in [2.24, 2.45) is 5.73 Å². The van der Waals surface area contributed by atoms with E-state index in [9.17, 15) is 4.79 Å². The third-order valence-corrected chi connectivity index (χ3v) is 4.06. The number of nitrogens with one attached hydrogen (secondary N) is 1. The highest BCUT2D eigenvalue weighted by atomic mass is 16.1. The van der Waals surface area contributed by atoms with E-state index in [-0.39, 0.29) is 11.8 Å². The monoisotopic (exact) mass is 260 g/mol. The maximum absolute atomic E-state index is 12.1. The van der Waals surface area contributed by atoms with E-state index in [4.69, 9.17) is 5.73 Å². The highest BCUT2D eigenvalue weighted by Gasteiger charge is 2.20. The van der Waals surface area contributed by atoms with Gasteiger partial charge in [-0.15, -0.1) is 0 Å². The van der Waals surface area contributed by atoms with Crippen molar-refractivity contribution in [2.45, 2.75) is 51.0 Å². The number of carbonyl (C=O) groups excluding carboxylic acids is 1. The van der Waals surface area contributed by atoms with Gasteiger partial charge < -0.3 is 11.1 Å². The first-order valence-corrected chi connectivity index (χ1v) is 7.25. The molecule has 0 radical (unpaired) electrons. The van der Waals surface area contributed by atoms with Gasteiger partial charge in [-0.2, -0.15) is 0 Å². The highest BCUT2D eigenvalue weighted by molar-refractivity contribution is 5.77. The molecule has 0 heterocycles. The van der Waals surface area contributed by atoms with Crippen molar-refractivity contribution in [3.63, 3.8) is 0 Å². The summed E-state index contributed by atoms with van der Waals surface area (Å²) in [5, 5.41) is 3.14. The van der Waals surface area contributed by atoms with Crippen molar-refractivity contribution in [3.8, 4) is 0 Å². The third-order valence-electron chi connectivity index (χ3n) is 4.06. The predicted molar refractivity (Wildman–Crippen MR) is 78.0 cm³/mol. The zero-order chi connectivity index (χ0) is 13.7. The van der Waals surface area contributed by atoms with Crippen molar-refractivity contribution in [1.82, 2.24) is 5.32 Å². The molecule has 1 aromatic carbocycles. The maximum atomic E-state index is 12.1. The number of aryl methyl sites for hydroxylation is 1. The smallest absolute Gasteiger partial charge is 0.220 e. The van der Waals surface area contributed by atoms with Gasteiger partial charge in [-0.1, -0.05) is 37.1 Å². The highest BCUT2D eigenvalue weighted by Crippen LogP contribution is 2.23. The van der Waals surface area contributed by atoms with Crippen LogP contribution >= 0.6 is 0 Å². The van der Waals surface area contributed by atoms with Crippen molar-refractivity contribution < 1.29 is 4.79 Å². The second-order valence-corrected chi connectivity index (χ2v) is 5.54.